The summed E-state index contributed by atoms with van der Waals surface area (Å²) in [4.78, 5) is 20.7. The van der Waals surface area contributed by atoms with Gasteiger partial charge in [-0.1, -0.05) is 0 Å². The van der Waals surface area contributed by atoms with E-state index in [1.165, 1.54) is 6.33 Å². The topological polar surface area (TPSA) is 84.2 Å². The van der Waals surface area contributed by atoms with Gasteiger partial charge in [-0.3, -0.25) is 10.1 Å². The van der Waals surface area contributed by atoms with Crippen molar-refractivity contribution in [1.82, 2.24) is 9.97 Å². The van der Waals surface area contributed by atoms with Crippen LogP contribution in [0.15, 0.2) is 6.33 Å². The maximum absolute atomic E-state index is 11.1. The summed E-state index contributed by atoms with van der Waals surface area (Å²) in [7, 11) is 0. The lowest BCUT2D eigenvalue weighted by molar-refractivity contribution is -0.383. The molecule has 1 fully saturated rings. The van der Waals surface area contributed by atoms with E-state index in [2.05, 4.69) is 15.3 Å². The molecule has 2 heterocycles. The molecule has 1 aromatic heterocycles. The van der Waals surface area contributed by atoms with Crippen molar-refractivity contribution in [2.75, 3.05) is 29.9 Å². The number of rotatable bonds is 4. The van der Waals surface area contributed by atoms with Gasteiger partial charge in [0.2, 0.25) is 11.6 Å². The molecule has 1 aromatic rings. The second kappa shape index (κ2) is 4.94. The Morgan fingerprint density at radius 1 is 1.47 bits per heavy atom. The monoisotopic (exact) mass is 237 g/mol. The second-order valence-corrected chi connectivity index (χ2v) is 3.88. The van der Waals surface area contributed by atoms with E-state index in [0.29, 0.717) is 18.2 Å². The molecule has 1 N–H and O–H groups in total. The summed E-state index contributed by atoms with van der Waals surface area (Å²) in [6, 6.07) is 0. The molecule has 7 nitrogen and oxygen atoms in total. The van der Waals surface area contributed by atoms with E-state index in [-0.39, 0.29) is 5.69 Å². The molecule has 1 aliphatic rings. The highest BCUT2D eigenvalue weighted by molar-refractivity contribution is 5.70. The second-order valence-electron chi connectivity index (χ2n) is 3.88. The van der Waals surface area contributed by atoms with Crippen molar-refractivity contribution >= 4 is 17.3 Å². The van der Waals surface area contributed by atoms with E-state index in [1.807, 2.05) is 11.8 Å². The Hall–Kier alpha value is -1.92. The van der Waals surface area contributed by atoms with Crippen LogP contribution in [0.1, 0.15) is 19.8 Å². The van der Waals surface area contributed by atoms with Gasteiger partial charge >= 0.3 is 5.69 Å². The summed E-state index contributed by atoms with van der Waals surface area (Å²) in [6.45, 7) is 4.12. The first-order valence-electron chi connectivity index (χ1n) is 5.72. The molecule has 0 bridgehead atoms. The molecule has 7 heteroatoms. The minimum absolute atomic E-state index is 0.0174. The maximum atomic E-state index is 11.1. The largest absolute Gasteiger partial charge is 0.364 e. The molecule has 0 radical (unpaired) electrons. The number of anilines is 2. The summed E-state index contributed by atoms with van der Waals surface area (Å²) in [6.07, 6.45) is 3.48. The van der Waals surface area contributed by atoms with Crippen molar-refractivity contribution < 1.29 is 4.92 Å². The lowest BCUT2D eigenvalue weighted by Gasteiger charge is -2.16. The highest BCUT2D eigenvalue weighted by Gasteiger charge is 2.27. The van der Waals surface area contributed by atoms with Crippen LogP contribution in [0.2, 0.25) is 0 Å². The number of nitrogens with one attached hydrogen (secondary N) is 1. The molecule has 0 aliphatic carbocycles. The van der Waals surface area contributed by atoms with Crippen LogP contribution in [-0.2, 0) is 0 Å². The van der Waals surface area contributed by atoms with Crippen molar-refractivity contribution in [3.05, 3.63) is 16.4 Å². The van der Waals surface area contributed by atoms with Gasteiger partial charge < -0.3 is 10.2 Å². The predicted octanol–water partition coefficient (Wildman–Crippen LogP) is 1.42. The van der Waals surface area contributed by atoms with Crippen LogP contribution in [0.5, 0.6) is 0 Å². The highest BCUT2D eigenvalue weighted by atomic mass is 16.6. The molecular weight excluding hydrogens is 222 g/mol. The van der Waals surface area contributed by atoms with Crippen molar-refractivity contribution in [3.63, 3.8) is 0 Å². The summed E-state index contributed by atoms with van der Waals surface area (Å²) in [5.74, 6) is 0.729. The van der Waals surface area contributed by atoms with Crippen LogP contribution >= 0.6 is 0 Å². The quantitative estimate of drug-likeness (QED) is 0.629. The zero-order valence-electron chi connectivity index (χ0n) is 9.72. The Balaban J connectivity index is 2.42. The molecule has 1 aliphatic heterocycles. The van der Waals surface area contributed by atoms with Gasteiger partial charge in [0.05, 0.1) is 4.92 Å². The SMILES string of the molecule is CCNc1ncnc(N2CCCC2)c1[N+](=O)[O-]. The molecule has 0 unspecified atom stereocenters. The van der Waals surface area contributed by atoms with Crippen LogP contribution < -0.4 is 10.2 Å². The highest BCUT2D eigenvalue weighted by Crippen LogP contribution is 2.33. The van der Waals surface area contributed by atoms with E-state index >= 15 is 0 Å². The van der Waals surface area contributed by atoms with E-state index in [0.717, 1.165) is 25.9 Å². The fourth-order valence-electron chi connectivity index (χ4n) is 1.99. The van der Waals surface area contributed by atoms with Crippen molar-refractivity contribution in [3.8, 4) is 0 Å². The smallest absolute Gasteiger partial charge is 0.353 e. The standard InChI is InChI=1S/C10H15N5O2/c1-2-11-9-8(15(16)17)10(13-7-12-9)14-5-3-4-6-14/h7H,2-6H2,1H3,(H,11,12,13). The average Bonchev–Trinajstić information content (AvgIpc) is 2.82. The third-order valence-electron chi connectivity index (χ3n) is 2.74. The van der Waals surface area contributed by atoms with E-state index in [9.17, 15) is 10.1 Å². The summed E-state index contributed by atoms with van der Waals surface area (Å²) >= 11 is 0. The number of nitrogens with zero attached hydrogens (tertiary/aromatic N) is 4. The molecule has 0 atom stereocenters. The van der Waals surface area contributed by atoms with E-state index < -0.39 is 4.92 Å². The van der Waals surface area contributed by atoms with Crippen molar-refractivity contribution in [1.29, 1.82) is 0 Å². The minimum Gasteiger partial charge on any atom is -0.364 e. The van der Waals surface area contributed by atoms with Crippen LogP contribution in [0, 0.1) is 10.1 Å². The zero-order chi connectivity index (χ0) is 12.3. The third-order valence-corrected chi connectivity index (χ3v) is 2.74. The Morgan fingerprint density at radius 2 is 2.18 bits per heavy atom. The zero-order valence-corrected chi connectivity index (χ0v) is 9.72. The molecule has 0 amide bonds. The Bertz CT molecular complexity index is 417. The minimum atomic E-state index is -0.411. The third kappa shape index (κ3) is 2.27. The van der Waals surface area contributed by atoms with Crippen molar-refractivity contribution in [2.24, 2.45) is 0 Å². The van der Waals surface area contributed by atoms with Crippen molar-refractivity contribution in [2.45, 2.75) is 19.8 Å². The lowest BCUT2D eigenvalue weighted by atomic mass is 10.4. The number of nitro groups is 1. The predicted molar refractivity (Wildman–Crippen MR) is 64.3 cm³/mol. The molecule has 1 saturated heterocycles. The molecular formula is C10H15N5O2. The first kappa shape index (κ1) is 11.6. The van der Waals surface area contributed by atoms with Crippen LogP contribution in [-0.4, -0.2) is 34.5 Å². The summed E-state index contributed by atoms with van der Waals surface area (Å²) < 4.78 is 0. The van der Waals surface area contributed by atoms with Gasteiger partial charge in [-0.15, -0.1) is 0 Å². The molecule has 0 aromatic carbocycles. The van der Waals surface area contributed by atoms with Gasteiger partial charge in [0.1, 0.15) is 6.33 Å². The van der Waals surface area contributed by atoms with Crippen LogP contribution in [0.3, 0.4) is 0 Å². The molecule has 92 valence electrons. The number of hydrogen-bond donors (Lipinski definition) is 1. The normalized spacial score (nSPS) is 15.0. The van der Waals surface area contributed by atoms with Crippen LogP contribution in [0.4, 0.5) is 17.3 Å². The van der Waals surface area contributed by atoms with Gasteiger partial charge in [0.25, 0.3) is 0 Å². The van der Waals surface area contributed by atoms with Gasteiger partial charge in [-0.2, -0.15) is 0 Å². The van der Waals surface area contributed by atoms with Crippen LogP contribution in [0.25, 0.3) is 0 Å². The average molecular weight is 237 g/mol. The fraction of sp³-hybridized carbons (Fsp3) is 0.600. The van der Waals surface area contributed by atoms with Gasteiger partial charge in [0.15, 0.2) is 0 Å². The lowest BCUT2D eigenvalue weighted by Crippen LogP contribution is -2.21. The maximum Gasteiger partial charge on any atom is 0.353 e. The Labute approximate surface area is 99.0 Å². The van der Waals surface area contributed by atoms with Gasteiger partial charge in [-0.05, 0) is 19.8 Å². The molecule has 2 rings (SSSR count). The van der Waals surface area contributed by atoms with E-state index in [4.69, 9.17) is 0 Å². The molecule has 17 heavy (non-hydrogen) atoms. The number of aromatic nitrogens is 2. The van der Waals surface area contributed by atoms with E-state index in [1.54, 1.807) is 0 Å². The first-order chi connectivity index (χ1) is 8.24. The molecule has 0 spiro atoms. The number of hydrogen-bond acceptors (Lipinski definition) is 6. The summed E-state index contributed by atoms with van der Waals surface area (Å²) in [5, 5.41) is 14.0. The van der Waals surface area contributed by atoms with Gasteiger partial charge in [0, 0.05) is 19.6 Å². The fourth-order valence-corrected chi connectivity index (χ4v) is 1.99. The molecule has 0 saturated carbocycles. The Kier molecular flexibility index (Phi) is 3.36. The Morgan fingerprint density at radius 3 is 2.76 bits per heavy atom. The van der Waals surface area contributed by atoms with Gasteiger partial charge in [-0.25, -0.2) is 9.97 Å². The first-order valence-corrected chi connectivity index (χ1v) is 5.72. The summed E-state index contributed by atoms with van der Waals surface area (Å²) in [5.41, 5.74) is -0.0174.